The minimum Gasteiger partial charge on any atom is -0.496 e. The van der Waals surface area contributed by atoms with Crippen molar-refractivity contribution in [2.24, 2.45) is 0 Å². The molecule has 0 aliphatic carbocycles. The third kappa shape index (κ3) is 2.42. The second-order valence-corrected chi connectivity index (χ2v) is 5.10. The molecule has 0 amide bonds. The van der Waals surface area contributed by atoms with Crippen molar-refractivity contribution >= 4 is 0 Å². The Hall–Kier alpha value is -1.26. The largest absolute Gasteiger partial charge is 0.496 e. The van der Waals surface area contributed by atoms with Crippen LogP contribution in [0.5, 0.6) is 11.5 Å². The average Bonchev–Trinajstić information content (AvgIpc) is 2.42. The molecule has 0 radical (unpaired) electrons. The van der Waals surface area contributed by atoms with Gasteiger partial charge in [-0.15, -0.1) is 0 Å². The summed E-state index contributed by atoms with van der Waals surface area (Å²) >= 11 is 0. The molecule has 2 rings (SSSR count). The van der Waals surface area contributed by atoms with Crippen molar-refractivity contribution < 1.29 is 9.47 Å². The first-order valence-electron chi connectivity index (χ1n) is 6.75. The maximum Gasteiger partial charge on any atom is 0.127 e. The number of hydrogen-bond donors (Lipinski definition) is 1. The van der Waals surface area contributed by atoms with Gasteiger partial charge in [0.1, 0.15) is 11.5 Å². The molecule has 0 bridgehead atoms. The SMILES string of the molecule is CNCc1cc(OC)c2c(c1OC)CCN(C)C2C. The third-order valence-corrected chi connectivity index (χ3v) is 4.05. The molecular weight excluding hydrogens is 240 g/mol. The van der Waals surface area contributed by atoms with Gasteiger partial charge in [-0.25, -0.2) is 0 Å². The Morgan fingerprint density at radius 3 is 2.68 bits per heavy atom. The van der Waals surface area contributed by atoms with Gasteiger partial charge in [0.15, 0.2) is 0 Å². The highest BCUT2D eigenvalue weighted by Gasteiger charge is 2.28. The van der Waals surface area contributed by atoms with E-state index in [2.05, 4.69) is 30.3 Å². The Morgan fingerprint density at radius 1 is 1.37 bits per heavy atom. The lowest BCUT2D eigenvalue weighted by molar-refractivity contribution is 0.236. The highest BCUT2D eigenvalue weighted by molar-refractivity contribution is 5.56. The number of nitrogens with one attached hydrogen (secondary N) is 1. The van der Waals surface area contributed by atoms with Gasteiger partial charge in [-0.05, 0) is 33.5 Å². The Balaban J connectivity index is 2.61. The minimum absolute atomic E-state index is 0.358. The normalized spacial score (nSPS) is 19.1. The summed E-state index contributed by atoms with van der Waals surface area (Å²) in [6.45, 7) is 4.06. The molecule has 0 fully saturated rings. The number of rotatable bonds is 4. The summed E-state index contributed by atoms with van der Waals surface area (Å²) in [4.78, 5) is 2.35. The predicted octanol–water partition coefficient (Wildman–Crippen LogP) is 1.97. The summed E-state index contributed by atoms with van der Waals surface area (Å²) in [5.41, 5.74) is 3.74. The lowest BCUT2D eigenvalue weighted by Gasteiger charge is -2.34. The molecule has 106 valence electrons. The van der Waals surface area contributed by atoms with Crippen LogP contribution in [0.3, 0.4) is 0 Å². The highest BCUT2D eigenvalue weighted by atomic mass is 16.5. The Morgan fingerprint density at radius 2 is 2.11 bits per heavy atom. The number of nitrogens with zero attached hydrogens (tertiary/aromatic N) is 1. The van der Waals surface area contributed by atoms with Crippen LogP contribution >= 0.6 is 0 Å². The van der Waals surface area contributed by atoms with Crippen LogP contribution in [0.1, 0.15) is 29.7 Å². The zero-order valence-electron chi connectivity index (χ0n) is 12.5. The Bertz CT molecular complexity index is 460. The summed E-state index contributed by atoms with van der Waals surface area (Å²) in [6, 6.07) is 2.46. The summed E-state index contributed by atoms with van der Waals surface area (Å²) in [6.07, 6.45) is 1.01. The fourth-order valence-electron chi connectivity index (χ4n) is 2.92. The van der Waals surface area contributed by atoms with Gasteiger partial charge in [0.2, 0.25) is 0 Å². The summed E-state index contributed by atoms with van der Waals surface area (Å²) in [5.74, 6) is 1.99. The molecule has 4 nitrogen and oxygen atoms in total. The fraction of sp³-hybridized carbons (Fsp3) is 0.600. The fourth-order valence-corrected chi connectivity index (χ4v) is 2.92. The third-order valence-electron chi connectivity index (χ3n) is 4.05. The monoisotopic (exact) mass is 264 g/mol. The zero-order valence-corrected chi connectivity index (χ0v) is 12.5. The van der Waals surface area contributed by atoms with Crippen molar-refractivity contribution in [2.45, 2.75) is 25.9 Å². The highest BCUT2D eigenvalue weighted by Crippen LogP contribution is 2.42. The quantitative estimate of drug-likeness (QED) is 0.901. The van der Waals surface area contributed by atoms with Crippen LogP contribution in [0.4, 0.5) is 0 Å². The molecule has 4 heteroatoms. The first-order valence-corrected chi connectivity index (χ1v) is 6.75. The Labute approximate surface area is 115 Å². The van der Waals surface area contributed by atoms with E-state index >= 15 is 0 Å². The number of likely N-dealkylation sites (N-methyl/N-ethyl adjacent to an activating group) is 1. The maximum atomic E-state index is 5.67. The molecule has 1 aromatic carbocycles. The molecule has 0 saturated carbocycles. The van der Waals surface area contributed by atoms with Crippen molar-refractivity contribution in [3.05, 3.63) is 22.8 Å². The van der Waals surface area contributed by atoms with Crippen molar-refractivity contribution in [2.75, 3.05) is 34.9 Å². The number of methoxy groups -OCH3 is 2. The number of hydrogen-bond acceptors (Lipinski definition) is 4. The smallest absolute Gasteiger partial charge is 0.127 e. The molecule has 0 spiro atoms. The molecule has 1 aromatic rings. The standard InChI is InChI=1S/C15H24N2O2/c1-10-14-12(6-7-17(10)3)15(19-5)11(9-16-2)8-13(14)18-4/h8,10,16H,6-7,9H2,1-5H3. The van der Waals surface area contributed by atoms with Crippen LogP contribution in [0.2, 0.25) is 0 Å². The van der Waals surface area contributed by atoms with Gasteiger partial charge in [0, 0.05) is 35.8 Å². The second-order valence-electron chi connectivity index (χ2n) is 5.10. The van der Waals surface area contributed by atoms with Gasteiger partial charge in [0.25, 0.3) is 0 Å². The van der Waals surface area contributed by atoms with Crippen LogP contribution in [0, 0.1) is 0 Å². The number of fused-ring (bicyclic) bond motifs is 1. The van der Waals surface area contributed by atoms with Crippen molar-refractivity contribution in [1.82, 2.24) is 10.2 Å². The van der Waals surface area contributed by atoms with Gasteiger partial charge >= 0.3 is 0 Å². The van der Waals surface area contributed by atoms with E-state index in [4.69, 9.17) is 9.47 Å². The molecular formula is C15H24N2O2. The van der Waals surface area contributed by atoms with Crippen molar-refractivity contribution in [3.63, 3.8) is 0 Å². The summed E-state index contributed by atoms with van der Waals surface area (Å²) in [7, 11) is 7.60. The molecule has 19 heavy (non-hydrogen) atoms. The number of benzene rings is 1. The van der Waals surface area contributed by atoms with E-state index in [-0.39, 0.29) is 0 Å². The maximum absolute atomic E-state index is 5.67. The second kappa shape index (κ2) is 5.80. The topological polar surface area (TPSA) is 33.7 Å². The minimum atomic E-state index is 0.358. The Kier molecular flexibility index (Phi) is 4.32. The number of ether oxygens (including phenoxy) is 2. The van der Waals surface area contributed by atoms with Crippen LogP contribution in [0.15, 0.2) is 6.07 Å². The van der Waals surface area contributed by atoms with E-state index in [0.717, 1.165) is 36.6 Å². The van der Waals surface area contributed by atoms with Crippen LogP contribution in [0.25, 0.3) is 0 Å². The van der Waals surface area contributed by atoms with E-state index in [1.165, 1.54) is 11.1 Å². The summed E-state index contributed by atoms with van der Waals surface area (Å²) in [5, 5.41) is 3.19. The van der Waals surface area contributed by atoms with E-state index in [1.807, 2.05) is 7.05 Å². The van der Waals surface area contributed by atoms with E-state index < -0.39 is 0 Å². The van der Waals surface area contributed by atoms with Crippen LogP contribution in [-0.4, -0.2) is 39.8 Å². The molecule has 1 aliphatic heterocycles. The molecule has 1 aliphatic rings. The van der Waals surface area contributed by atoms with Crippen LogP contribution < -0.4 is 14.8 Å². The molecule has 0 saturated heterocycles. The van der Waals surface area contributed by atoms with Crippen molar-refractivity contribution in [3.8, 4) is 11.5 Å². The van der Waals surface area contributed by atoms with Crippen molar-refractivity contribution in [1.29, 1.82) is 0 Å². The predicted molar refractivity (Wildman–Crippen MR) is 77.1 cm³/mol. The van der Waals surface area contributed by atoms with Gasteiger partial charge in [0.05, 0.1) is 14.2 Å². The summed E-state index contributed by atoms with van der Waals surface area (Å²) < 4.78 is 11.3. The first-order chi connectivity index (χ1) is 9.13. The van der Waals surface area contributed by atoms with Gasteiger partial charge in [-0.1, -0.05) is 0 Å². The van der Waals surface area contributed by atoms with Crippen LogP contribution in [-0.2, 0) is 13.0 Å². The molecule has 0 aromatic heterocycles. The molecule has 1 atom stereocenters. The molecule has 1 heterocycles. The van der Waals surface area contributed by atoms with Gasteiger partial charge < -0.3 is 14.8 Å². The molecule has 1 N–H and O–H groups in total. The van der Waals surface area contributed by atoms with E-state index in [1.54, 1.807) is 14.2 Å². The van der Waals surface area contributed by atoms with E-state index in [9.17, 15) is 0 Å². The first kappa shape index (κ1) is 14.2. The average molecular weight is 264 g/mol. The van der Waals surface area contributed by atoms with Gasteiger partial charge in [-0.3, -0.25) is 4.90 Å². The molecule has 1 unspecified atom stereocenters. The van der Waals surface area contributed by atoms with E-state index in [0.29, 0.717) is 6.04 Å². The van der Waals surface area contributed by atoms with Gasteiger partial charge in [-0.2, -0.15) is 0 Å². The zero-order chi connectivity index (χ0) is 14.0. The lowest BCUT2D eigenvalue weighted by Crippen LogP contribution is -2.31. The lowest BCUT2D eigenvalue weighted by atomic mass is 9.90.